The van der Waals surface area contributed by atoms with Gasteiger partial charge in [0.25, 0.3) is 10.0 Å². The van der Waals surface area contributed by atoms with Crippen molar-refractivity contribution in [3.05, 3.63) is 77.9 Å². The van der Waals surface area contributed by atoms with E-state index in [2.05, 4.69) is 5.32 Å². The first-order chi connectivity index (χ1) is 21.1. The van der Waals surface area contributed by atoms with Crippen LogP contribution in [0.4, 0.5) is 5.69 Å². The summed E-state index contributed by atoms with van der Waals surface area (Å²) in [7, 11) is 0.165. The van der Waals surface area contributed by atoms with Crippen LogP contribution in [-0.2, 0) is 26.2 Å². The molecule has 1 fully saturated rings. The zero-order valence-electron chi connectivity index (χ0n) is 25.9. The molecule has 44 heavy (non-hydrogen) atoms. The second kappa shape index (κ2) is 14.5. The first-order valence-corrected chi connectivity index (χ1v) is 16.1. The summed E-state index contributed by atoms with van der Waals surface area (Å²) >= 11 is 0. The first-order valence-electron chi connectivity index (χ1n) is 14.6. The van der Waals surface area contributed by atoms with Crippen LogP contribution in [0, 0.1) is 6.92 Å². The van der Waals surface area contributed by atoms with Gasteiger partial charge < -0.3 is 24.4 Å². The van der Waals surface area contributed by atoms with Gasteiger partial charge in [0.1, 0.15) is 18.3 Å². The number of amides is 2. The molecule has 4 rings (SSSR count). The number of rotatable bonds is 13. The second-order valence-electron chi connectivity index (χ2n) is 10.9. The van der Waals surface area contributed by atoms with Gasteiger partial charge in [-0.2, -0.15) is 0 Å². The van der Waals surface area contributed by atoms with Gasteiger partial charge in [0.2, 0.25) is 11.8 Å². The van der Waals surface area contributed by atoms with Crippen LogP contribution in [0.2, 0.25) is 0 Å². The topological polar surface area (TPSA) is 114 Å². The molecule has 0 spiro atoms. The summed E-state index contributed by atoms with van der Waals surface area (Å²) in [6.45, 7) is 3.10. The molecule has 0 aromatic heterocycles. The lowest BCUT2D eigenvalue weighted by Crippen LogP contribution is -2.52. The van der Waals surface area contributed by atoms with E-state index in [1.165, 1.54) is 37.3 Å². The number of benzene rings is 3. The van der Waals surface area contributed by atoms with E-state index in [1.807, 2.05) is 13.0 Å². The third-order valence-electron chi connectivity index (χ3n) is 7.90. The van der Waals surface area contributed by atoms with E-state index < -0.39 is 28.5 Å². The number of carbonyl (C=O) groups is 2. The van der Waals surface area contributed by atoms with Crippen LogP contribution in [0.25, 0.3) is 0 Å². The van der Waals surface area contributed by atoms with E-state index in [4.69, 9.17) is 14.2 Å². The van der Waals surface area contributed by atoms with Gasteiger partial charge >= 0.3 is 0 Å². The number of hydrogen-bond donors (Lipinski definition) is 1. The molecule has 0 aliphatic heterocycles. The van der Waals surface area contributed by atoms with Crippen LogP contribution in [0.5, 0.6) is 17.2 Å². The summed E-state index contributed by atoms with van der Waals surface area (Å²) in [5.41, 5.74) is 1.98. The molecule has 10 nitrogen and oxygen atoms in total. The Morgan fingerprint density at radius 1 is 0.909 bits per heavy atom. The Hall–Kier alpha value is -4.25. The summed E-state index contributed by atoms with van der Waals surface area (Å²) in [6, 6.07) is 17.6. The predicted molar refractivity (Wildman–Crippen MR) is 169 cm³/mol. The Morgan fingerprint density at radius 2 is 1.59 bits per heavy atom. The molecule has 2 amide bonds. The molecular weight excluding hydrogens is 582 g/mol. The number of nitrogens with one attached hydrogen (secondary N) is 1. The fraction of sp³-hybridized carbons (Fsp3) is 0.394. The molecule has 0 bridgehead atoms. The molecule has 3 aromatic rings. The second-order valence-corrected chi connectivity index (χ2v) is 12.8. The number of nitrogens with zero attached hydrogens (tertiary/aromatic N) is 2. The van der Waals surface area contributed by atoms with Gasteiger partial charge in [-0.25, -0.2) is 8.42 Å². The minimum atomic E-state index is -4.27. The zero-order chi connectivity index (χ0) is 31.9. The molecule has 236 valence electrons. The van der Waals surface area contributed by atoms with Crippen LogP contribution in [0.1, 0.15) is 43.7 Å². The lowest BCUT2D eigenvalue weighted by molar-refractivity contribution is -0.139. The summed E-state index contributed by atoms with van der Waals surface area (Å²) in [4.78, 5) is 29.0. The van der Waals surface area contributed by atoms with Crippen molar-refractivity contribution in [2.24, 2.45) is 0 Å². The van der Waals surface area contributed by atoms with Crippen molar-refractivity contribution in [3.63, 3.8) is 0 Å². The first kappa shape index (κ1) is 32.7. The number of anilines is 1. The number of hydrogen-bond acceptors (Lipinski definition) is 7. The highest BCUT2D eigenvalue weighted by Crippen LogP contribution is 2.32. The fourth-order valence-electron chi connectivity index (χ4n) is 5.29. The Labute approximate surface area is 260 Å². The molecule has 1 atom stereocenters. The van der Waals surface area contributed by atoms with Crippen LogP contribution in [0.15, 0.2) is 71.6 Å². The monoisotopic (exact) mass is 623 g/mol. The minimum absolute atomic E-state index is 0.0632. The lowest BCUT2D eigenvalue weighted by atomic mass is 10.1. The van der Waals surface area contributed by atoms with Gasteiger partial charge in [0, 0.05) is 18.7 Å². The van der Waals surface area contributed by atoms with E-state index in [0.717, 1.165) is 41.1 Å². The average molecular weight is 624 g/mol. The highest BCUT2D eigenvalue weighted by atomic mass is 32.2. The summed E-state index contributed by atoms with van der Waals surface area (Å²) in [5, 5.41) is 3.08. The Balaban J connectivity index is 1.72. The van der Waals surface area contributed by atoms with Crippen LogP contribution >= 0.6 is 0 Å². The molecule has 1 aliphatic carbocycles. The van der Waals surface area contributed by atoms with Crippen molar-refractivity contribution in [2.45, 2.75) is 63.1 Å². The van der Waals surface area contributed by atoms with Crippen LogP contribution in [0.3, 0.4) is 0 Å². The van der Waals surface area contributed by atoms with Gasteiger partial charge in [0.15, 0.2) is 11.5 Å². The molecule has 1 N–H and O–H groups in total. The third kappa shape index (κ3) is 7.63. The molecule has 1 saturated carbocycles. The van der Waals surface area contributed by atoms with E-state index in [0.29, 0.717) is 17.2 Å². The highest BCUT2D eigenvalue weighted by Gasteiger charge is 2.34. The molecule has 0 saturated heterocycles. The Bertz CT molecular complexity index is 1550. The molecule has 0 heterocycles. The standard InChI is InChI=1S/C33H41N3O7S/c1-23-13-15-27(16-14-23)36(44(39,40)29-17-18-30(42-4)31(20-29)43-5)22-32(37)35(21-25-9-8-12-28(19-25)41-3)24(2)33(38)34-26-10-6-7-11-26/h8-9,12-20,24,26H,6-7,10-11,21-22H2,1-5H3,(H,34,38)/t24-/m0/s1. The van der Waals surface area contributed by atoms with Crippen LogP contribution in [-0.4, -0.2) is 65.1 Å². The molecule has 0 unspecified atom stereocenters. The van der Waals surface area contributed by atoms with Crippen molar-refractivity contribution in [1.82, 2.24) is 10.2 Å². The number of ether oxygens (including phenoxy) is 3. The van der Waals surface area contributed by atoms with Crippen molar-refractivity contribution in [3.8, 4) is 17.2 Å². The molecule has 11 heteroatoms. The van der Waals surface area contributed by atoms with Gasteiger partial charge in [-0.1, -0.05) is 42.7 Å². The van der Waals surface area contributed by atoms with Crippen molar-refractivity contribution in [2.75, 3.05) is 32.2 Å². The van der Waals surface area contributed by atoms with Gasteiger partial charge in [0.05, 0.1) is 31.9 Å². The van der Waals surface area contributed by atoms with Gasteiger partial charge in [-0.15, -0.1) is 0 Å². The lowest BCUT2D eigenvalue weighted by Gasteiger charge is -2.32. The maximum absolute atomic E-state index is 14.2. The van der Waals surface area contributed by atoms with E-state index in [9.17, 15) is 18.0 Å². The van der Waals surface area contributed by atoms with E-state index in [1.54, 1.807) is 56.5 Å². The molecule has 0 radical (unpaired) electrons. The Kier molecular flexibility index (Phi) is 10.7. The van der Waals surface area contributed by atoms with E-state index >= 15 is 0 Å². The molecule has 1 aliphatic rings. The normalized spacial score (nSPS) is 14.0. The third-order valence-corrected chi connectivity index (χ3v) is 9.67. The summed E-state index contributed by atoms with van der Waals surface area (Å²) < 4.78 is 45.4. The SMILES string of the molecule is COc1cccc(CN(C(=O)CN(c2ccc(C)cc2)S(=O)(=O)c2ccc(OC)c(OC)c2)[C@@H](C)C(=O)NC2CCCC2)c1. The molecule has 3 aromatic carbocycles. The quantitative estimate of drug-likeness (QED) is 0.294. The largest absolute Gasteiger partial charge is 0.497 e. The smallest absolute Gasteiger partial charge is 0.264 e. The van der Waals surface area contributed by atoms with Gasteiger partial charge in [-0.3, -0.25) is 13.9 Å². The maximum atomic E-state index is 14.2. The molecular formula is C33H41N3O7S. The zero-order valence-corrected chi connectivity index (χ0v) is 26.7. The van der Waals surface area contributed by atoms with Crippen molar-refractivity contribution >= 4 is 27.5 Å². The summed E-state index contributed by atoms with van der Waals surface area (Å²) in [6.07, 6.45) is 3.89. The summed E-state index contributed by atoms with van der Waals surface area (Å²) in [5.74, 6) is 0.399. The van der Waals surface area contributed by atoms with Gasteiger partial charge in [-0.05, 0) is 68.7 Å². The average Bonchev–Trinajstić information content (AvgIpc) is 3.55. The van der Waals surface area contributed by atoms with Crippen molar-refractivity contribution < 1.29 is 32.2 Å². The van der Waals surface area contributed by atoms with Crippen LogP contribution < -0.4 is 23.8 Å². The highest BCUT2D eigenvalue weighted by molar-refractivity contribution is 7.92. The predicted octanol–water partition coefficient (Wildman–Crippen LogP) is 4.69. The maximum Gasteiger partial charge on any atom is 0.264 e. The van der Waals surface area contributed by atoms with E-state index in [-0.39, 0.29) is 29.1 Å². The van der Waals surface area contributed by atoms with Crippen molar-refractivity contribution in [1.29, 1.82) is 0 Å². The Morgan fingerprint density at radius 3 is 2.23 bits per heavy atom. The number of methoxy groups -OCH3 is 3. The fourth-order valence-corrected chi connectivity index (χ4v) is 6.72. The minimum Gasteiger partial charge on any atom is -0.497 e. The number of sulfonamides is 1. The number of aryl methyl sites for hydroxylation is 1. The number of carbonyl (C=O) groups excluding carboxylic acids is 2.